The van der Waals surface area contributed by atoms with Crippen molar-refractivity contribution in [3.8, 4) is 0 Å². The maximum Gasteiger partial charge on any atom is 0.332 e. The first kappa shape index (κ1) is 15.7. The van der Waals surface area contributed by atoms with E-state index in [9.17, 15) is 10.1 Å². The third-order valence-corrected chi connectivity index (χ3v) is 3.54. The van der Waals surface area contributed by atoms with Crippen molar-refractivity contribution in [2.75, 3.05) is 10.7 Å². The Morgan fingerprint density at radius 2 is 2.14 bits per heavy atom. The van der Waals surface area contributed by atoms with E-state index in [0.29, 0.717) is 10.7 Å². The van der Waals surface area contributed by atoms with Crippen LogP contribution in [0.2, 0.25) is 5.02 Å². The van der Waals surface area contributed by atoms with Gasteiger partial charge < -0.3 is 5.32 Å². The van der Waals surface area contributed by atoms with Crippen molar-refractivity contribution < 1.29 is 4.92 Å². The lowest BCUT2D eigenvalue weighted by molar-refractivity contribution is -0.385. The predicted octanol–water partition coefficient (Wildman–Crippen LogP) is 2.98. The molecule has 0 radical (unpaired) electrons. The molecule has 21 heavy (non-hydrogen) atoms. The quantitative estimate of drug-likeness (QED) is 0.301. The van der Waals surface area contributed by atoms with Gasteiger partial charge in [-0.3, -0.25) is 15.5 Å². The molecule has 4 N–H and O–H groups in total. The molecule has 0 aliphatic rings. The van der Waals surface area contributed by atoms with Crippen LogP contribution in [0.3, 0.4) is 0 Å². The molecule has 0 atom stereocenters. The Morgan fingerprint density at radius 1 is 1.43 bits per heavy atom. The zero-order valence-corrected chi connectivity index (χ0v) is 13.6. The SMILES string of the molecule is Cc1nc(NN)nc(Nc2ccc(I)cc2Cl)c1[N+](=O)[O-]. The van der Waals surface area contributed by atoms with Gasteiger partial charge in [0.1, 0.15) is 5.69 Å². The number of nitrogen functional groups attached to an aromatic ring is 1. The molecule has 110 valence electrons. The van der Waals surface area contributed by atoms with Crippen molar-refractivity contribution in [2.24, 2.45) is 5.84 Å². The van der Waals surface area contributed by atoms with Crippen LogP contribution in [0, 0.1) is 20.6 Å². The van der Waals surface area contributed by atoms with Gasteiger partial charge in [-0.1, -0.05) is 11.6 Å². The third-order valence-electron chi connectivity index (χ3n) is 2.55. The normalized spacial score (nSPS) is 10.3. The number of hydrazine groups is 1. The van der Waals surface area contributed by atoms with E-state index in [4.69, 9.17) is 17.4 Å². The summed E-state index contributed by atoms with van der Waals surface area (Å²) >= 11 is 8.22. The van der Waals surface area contributed by atoms with E-state index in [2.05, 4.69) is 43.3 Å². The molecule has 0 aliphatic carbocycles. The third kappa shape index (κ3) is 3.49. The fourth-order valence-corrected chi connectivity index (χ4v) is 2.56. The van der Waals surface area contributed by atoms with Crippen LogP contribution in [-0.2, 0) is 0 Å². The fraction of sp³-hybridized carbons (Fsp3) is 0.0909. The maximum atomic E-state index is 11.2. The molecule has 1 aromatic heterocycles. The number of nitrogens with one attached hydrogen (secondary N) is 2. The topological polar surface area (TPSA) is 119 Å². The van der Waals surface area contributed by atoms with E-state index in [1.165, 1.54) is 6.92 Å². The largest absolute Gasteiger partial charge is 0.333 e. The van der Waals surface area contributed by atoms with Crippen molar-refractivity contribution in [3.05, 3.63) is 42.6 Å². The molecular formula is C11H10ClIN6O2. The van der Waals surface area contributed by atoms with E-state index in [-0.39, 0.29) is 23.1 Å². The number of nitro groups is 1. The Hall–Kier alpha value is -1.72. The first-order valence-corrected chi connectivity index (χ1v) is 7.09. The summed E-state index contributed by atoms with van der Waals surface area (Å²) in [4.78, 5) is 18.5. The van der Waals surface area contributed by atoms with Crippen molar-refractivity contribution in [1.29, 1.82) is 0 Å². The fourth-order valence-electron chi connectivity index (χ4n) is 1.66. The summed E-state index contributed by atoms with van der Waals surface area (Å²) in [5.41, 5.74) is 2.72. The van der Waals surface area contributed by atoms with E-state index in [1.807, 2.05) is 6.07 Å². The Bertz CT molecular complexity index is 711. The zero-order chi connectivity index (χ0) is 15.6. The molecule has 2 aromatic rings. The second-order valence-corrected chi connectivity index (χ2v) is 5.63. The van der Waals surface area contributed by atoms with Crippen molar-refractivity contribution in [2.45, 2.75) is 6.92 Å². The van der Waals surface area contributed by atoms with Gasteiger partial charge in [-0.2, -0.15) is 4.98 Å². The van der Waals surface area contributed by atoms with E-state index in [0.717, 1.165) is 3.57 Å². The molecular weight excluding hydrogens is 411 g/mol. The zero-order valence-electron chi connectivity index (χ0n) is 10.7. The van der Waals surface area contributed by atoms with Crippen molar-refractivity contribution >= 4 is 57.3 Å². The minimum absolute atomic E-state index is 0.0172. The number of aromatic nitrogens is 2. The molecule has 8 nitrogen and oxygen atoms in total. The molecule has 1 heterocycles. The highest BCUT2D eigenvalue weighted by Gasteiger charge is 2.22. The number of aryl methyl sites for hydroxylation is 1. The summed E-state index contributed by atoms with van der Waals surface area (Å²) in [6.45, 7) is 1.50. The van der Waals surface area contributed by atoms with Crippen LogP contribution < -0.4 is 16.6 Å². The van der Waals surface area contributed by atoms with Gasteiger partial charge in [0, 0.05) is 3.57 Å². The summed E-state index contributed by atoms with van der Waals surface area (Å²) in [5.74, 6) is 5.35. The van der Waals surface area contributed by atoms with Gasteiger partial charge in [-0.25, -0.2) is 10.8 Å². The molecule has 10 heteroatoms. The monoisotopic (exact) mass is 420 g/mol. The van der Waals surface area contributed by atoms with Crippen LogP contribution in [0.5, 0.6) is 0 Å². The summed E-state index contributed by atoms with van der Waals surface area (Å²) in [5, 5.41) is 14.4. The van der Waals surface area contributed by atoms with Crippen molar-refractivity contribution in [1.82, 2.24) is 9.97 Å². The van der Waals surface area contributed by atoms with Crippen LogP contribution in [0.1, 0.15) is 5.69 Å². The minimum atomic E-state index is -0.557. The number of anilines is 3. The van der Waals surface area contributed by atoms with E-state index in [1.54, 1.807) is 12.1 Å². The maximum absolute atomic E-state index is 11.2. The molecule has 1 aromatic carbocycles. The van der Waals surface area contributed by atoms with Crippen LogP contribution >= 0.6 is 34.2 Å². The predicted molar refractivity (Wildman–Crippen MR) is 88.7 cm³/mol. The Kier molecular flexibility index (Phi) is 4.75. The lowest BCUT2D eigenvalue weighted by Crippen LogP contribution is -2.13. The molecule has 0 aliphatic heterocycles. The molecule has 0 fully saturated rings. The van der Waals surface area contributed by atoms with Crippen LogP contribution in [0.25, 0.3) is 0 Å². The number of hydrogen-bond donors (Lipinski definition) is 3. The van der Waals surface area contributed by atoms with Crippen molar-refractivity contribution in [3.63, 3.8) is 0 Å². The Labute approximate surface area is 138 Å². The first-order chi connectivity index (χ1) is 9.92. The summed E-state index contributed by atoms with van der Waals surface area (Å²) in [6.07, 6.45) is 0. The number of nitrogens with two attached hydrogens (primary N) is 1. The number of rotatable bonds is 4. The standard InChI is InChI=1S/C11H10ClIN6O2/c1-5-9(19(20)21)10(17-11(15-5)18-14)16-8-3-2-6(13)4-7(8)12/h2-4H,14H2,1H3,(H2,15,16,17,18). The molecule has 0 amide bonds. The molecule has 2 rings (SSSR count). The van der Waals surface area contributed by atoms with Gasteiger partial charge in [0.15, 0.2) is 0 Å². The number of halogens is 2. The van der Waals surface area contributed by atoms with Crippen LogP contribution in [0.4, 0.5) is 23.1 Å². The molecule has 0 bridgehead atoms. The first-order valence-electron chi connectivity index (χ1n) is 5.64. The summed E-state index contributed by atoms with van der Waals surface area (Å²) < 4.78 is 0.945. The lowest BCUT2D eigenvalue weighted by Gasteiger charge is -2.10. The van der Waals surface area contributed by atoms with Crippen LogP contribution in [-0.4, -0.2) is 14.9 Å². The van der Waals surface area contributed by atoms with E-state index < -0.39 is 4.92 Å². The number of benzene rings is 1. The average molecular weight is 421 g/mol. The number of nitrogens with zero attached hydrogens (tertiary/aromatic N) is 3. The molecule has 0 saturated carbocycles. The highest BCUT2D eigenvalue weighted by Crippen LogP contribution is 2.32. The van der Waals surface area contributed by atoms with Gasteiger partial charge >= 0.3 is 5.69 Å². The number of hydrogen-bond acceptors (Lipinski definition) is 7. The summed E-state index contributed by atoms with van der Waals surface area (Å²) in [7, 11) is 0. The molecule has 0 saturated heterocycles. The summed E-state index contributed by atoms with van der Waals surface area (Å²) in [6, 6.07) is 5.25. The average Bonchev–Trinajstić information content (AvgIpc) is 2.40. The Morgan fingerprint density at radius 3 is 2.71 bits per heavy atom. The highest BCUT2D eigenvalue weighted by atomic mass is 127. The lowest BCUT2D eigenvalue weighted by atomic mass is 10.3. The second kappa shape index (κ2) is 6.37. The minimum Gasteiger partial charge on any atom is -0.333 e. The smallest absolute Gasteiger partial charge is 0.332 e. The molecule has 0 spiro atoms. The van der Waals surface area contributed by atoms with Gasteiger partial charge in [0.2, 0.25) is 11.8 Å². The van der Waals surface area contributed by atoms with E-state index >= 15 is 0 Å². The van der Waals surface area contributed by atoms with Gasteiger partial charge in [-0.15, -0.1) is 0 Å². The highest BCUT2D eigenvalue weighted by molar-refractivity contribution is 14.1. The van der Waals surface area contributed by atoms with Gasteiger partial charge in [0.05, 0.1) is 15.6 Å². The molecule has 0 unspecified atom stereocenters. The van der Waals surface area contributed by atoms with Gasteiger partial charge in [-0.05, 0) is 47.7 Å². The second-order valence-electron chi connectivity index (χ2n) is 3.98. The van der Waals surface area contributed by atoms with Gasteiger partial charge in [0.25, 0.3) is 0 Å². The van der Waals surface area contributed by atoms with Crippen LogP contribution in [0.15, 0.2) is 18.2 Å². The Balaban J connectivity index is 2.51.